The number of hydrogen-bond acceptors (Lipinski definition) is 5. The number of unbranched alkanes of at least 4 members (excludes halogenated alkanes) is 1. The molecule has 102 valence electrons. The summed E-state index contributed by atoms with van der Waals surface area (Å²) in [4.78, 5) is 10.8. The Labute approximate surface area is 117 Å². The molecule has 0 aromatic carbocycles. The van der Waals surface area contributed by atoms with Gasteiger partial charge in [0.05, 0.1) is 4.47 Å². The van der Waals surface area contributed by atoms with Crippen LogP contribution in [0.15, 0.2) is 10.7 Å². The molecule has 0 bridgehead atoms. The zero-order valence-electron chi connectivity index (χ0n) is 11.3. The lowest BCUT2D eigenvalue weighted by atomic mass is 10.2. The molecule has 1 heterocycles. The molecule has 1 rings (SSSR count). The van der Waals surface area contributed by atoms with Crippen LogP contribution in [-0.4, -0.2) is 22.6 Å². The van der Waals surface area contributed by atoms with Crippen LogP contribution in [0.5, 0.6) is 0 Å². The first-order chi connectivity index (χ1) is 8.63. The van der Waals surface area contributed by atoms with Crippen molar-refractivity contribution in [1.29, 1.82) is 0 Å². The number of nitrogens with one attached hydrogen (secondary N) is 1. The van der Waals surface area contributed by atoms with E-state index in [0.717, 1.165) is 36.1 Å². The molecule has 18 heavy (non-hydrogen) atoms. The highest BCUT2D eigenvalue weighted by molar-refractivity contribution is 9.10. The number of aromatic nitrogens is 2. The van der Waals surface area contributed by atoms with E-state index in [1.54, 1.807) is 6.20 Å². The van der Waals surface area contributed by atoms with Gasteiger partial charge in [-0.15, -0.1) is 0 Å². The fraction of sp³-hybridized carbons (Fsp3) is 0.667. The van der Waals surface area contributed by atoms with Crippen molar-refractivity contribution >= 4 is 27.7 Å². The summed E-state index contributed by atoms with van der Waals surface area (Å²) in [6.07, 6.45) is 5.12. The van der Waals surface area contributed by atoms with Gasteiger partial charge in [-0.2, -0.15) is 4.98 Å². The highest BCUT2D eigenvalue weighted by Gasteiger charge is 2.17. The summed E-state index contributed by atoms with van der Waals surface area (Å²) in [5, 5.41) is 0. The van der Waals surface area contributed by atoms with Crippen molar-refractivity contribution in [3.8, 4) is 0 Å². The zero-order chi connectivity index (χ0) is 13.5. The fourth-order valence-electron chi connectivity index (χ4n) is 1.71. The van der Waals surface area contributed by atoms with Gasteiger partial charge in [-0.25, -0.2) is 10.8 Å². The Bertz CT molecular complexity index is 371. The number of rotatable bonds is 7. The van der Waals surface area contributed by atoms with Crippen molar-refractivity contribution in [2.45, 2.75) is 46.1 Å². The molecule has 5 nitrogen and oxygen atoms in total. The minimum atomic E-state index is 0.438. The van der Waals surface area contributed by atoms with Gasteiger partial charge in [-0.1, -0.05) is 20.3 Å². The summed E-state index contributed by atoms with van der Waals surface area (Å²) in [6.45, 7) is 7.57. The second kappa shape index (κ2) is 7.53. The van der Waals surface area contributed by atoms with E-state index in [-0.39, 0.29) is 0 Å². The van der Waals surface area contributed by atoms with Gasteiger partial charge in [0.15, 0.2) is 0 Å². The number of nitrogen functional groups attached to an aromatic ring is 1. The Morgan fingerprint density at radius 3 is 2.78 bits per heavy atom. The van der Waals surface area contributed by atoms with Crippen molar-refractivity contribution in [2.24, 2.45) is 5.84 Å². The van der Waals surface area contributed by atoms with Gasteiger partial charge < -0.3 is 4.90 Å². The molecule has 0 spiro atoms. The first-order valence-electron chi connectivity index (χ1n) is 6.39. The van der Waals surface area contributed by atoms with Gasteiger partial charge in [-0.05, 0) is 35.7 Å². The third-order valence-electron chi connectivity index (χ3n) is 3.00. The standard InChI is InChI=1S/C12H22BrN5/c1-4-6-7-18(9(3)5-2)11-10(13)8-15-12(16-11)17-14/h8-9H,4-7,14H2,1-3H3,(H,15,16,17). The fourth-order valence-corrected chi connectivity index (χ4v) is 2.13. The van der Waals surface area contributed by atoms with Gasteiger partial charge in [0.25, 0.3) is 0 Å². The van der Waals surface area contributed by atoms with Crippen LogP contribution in [0.3, 0.4) is 0 Å². The second-order valence-corrected chi connectivity index (χ2v) is 5.17. The lowest BCUT2D eigenvalue weighted by Crippen LogP contribution is -2.34. The Hall–Kier alpha value is -0.880. The number of hydrazine groups is 1. The number of halogens is 1. The summed E-state index contributed by atoms with van der Waals surface area (Å²) in [7, 11) is 0. The van der Waals surface area contributed by atoms with Crippen LogP contribution < -0.4 is 16.2 Å². The predicted octanol–water partition coefficient (Wildman–Crippen LogP) is 2.93. The average Bonchev–Trinajstić information content (AvgIpc) is 2.40. The maximum atomic E-state index is 5.37. The quantitative estimate of drug-likeness (QED) is 0.598. The SMILES string of the molecule is CCCCN(c1nc(NN)ncc1Br)C(C)CC. The van der Waals surface area contributed by atoms with Gasteiger partial charge >= 0.3 is 0 Å². The van der Waals surface area contributed by atoms with Crippen LogP contribution in [0.4, 0.5) is 11.8 Å². The molecule has 6 heteroatoms. The van der Waals surface area contributed by atoms with Crippen LogP contribution >= 0.6 is 15.9 Å². The van der Waals surface area contributed by atoms with Crippen molar-refractivity contribution in [3.63, 3.8) is 0 Å². The third-order valence-corrected chi connectivity index (χ3v) is 3.56. The van der Waals surface area contributed by atoms with Crippen LogP contribution in [0.2, 0.25) is 0 Å². The molecule has 1 unspecified atom stereocenters. The average molecular weight is 316 g/mol. The Balaban J connectivity index is 3.02. The van der Waals surface area contributed by atoms with Crippen molar-refractivity contribution < 1.29 is 0 Å². The summed E-state index contributed by atoms with van der Waals surface area (Å²) in [6, 6.07) is 0.438. The van der Waals surface area contributed by atoms with Crippen molar-refractivity contribution in [2.75, 3.05) is 16.9 Å². The molecule has 0 saturated carbocycles. The van der Waals surface area contributed by atoms with Gasteiger partial charge in [-0.3, -0.25) is 5.43 Å². The lowest BCUT2D eigenvalue weighted by molar-refractivity contribution is 0.588. The molecule has 3 N–H and O–H groups in total. The second-order valence-electron chi connectivity index (χ2n) is 4.31. The number of nitrogens with two attached hydrogens (primary N) is 1. The largest absolute Gasteiger partial charge is 0.353 e. The van der Waals surface area contributed by atoms with Crippen molar-refractivity contribution in [3.05, 3.63) is 10.7 Å². The number of anilines is 2. The Kier molecular flexibility index (Phi) is 6.35. The Morgan fingerprint density at radius 2 is 2.22 bits per heavy atom. The summed E-state index contributed by atoms with van der Waals surface area (Å²) in [5.41, 5.74) is 2.49. The molecule has 1 atom stereocenters. The minimum Gasteiger partial charge on any atom is -0.353 e. The molecule has 1 aromatic heterocycles. The van der Waals surface area contributed by atoms with Crippen molar-refractivity contribution in [1.82, 2.24) is 9.97 Å². The molecule has 0 aliphatic heterocycles. The molecule has 0 fully saturated rings. The molecule has 0 aliphatic rings. The minimum absolute atomic E-state index is 0.438. The maximum absolute atomic E-state index is 5.37. The van der Waals surface area contributed by atoms with Gasteiger partial charge in [0, 0.05) is 18.8 Å². The van der Waals surface area contributed by atoms with Gasteiger partial charge in [0.1, 0.15) is 5.82 Å². The third kappa shape index (κ3) is 3.81. The number of nitrogens with zero attached hydrogens (tertiary/aromatic N) is 3. The summed E-state index contributed by atoms with van der Waals surface area (Å²) in [5.74, 6) is 6.71. The van der Waals surface area contributed by atoms with E-state index in [1.807, 2.05) is 0 Å². The first-order valence-corrected chi connectivity index (χ1v) is 7.19. The summed E-state index contributed by atoms with van der Waals surface area (Å²) < 4.78 is 0.901. The predicted molar refractivity (Wildman–Crippen MR) is 79.5 cm³/mol. The molecular formula is C12H22BrN5. The topological polar surface area (TPSA) is 67.1 Å². The number of hydrogen-bond donors (Lipinski definition) is 2. The zero-order valence-corrected chi connectivity index (χ0v) is 12.9. The maximum Gasteiger partial charge on any atom is 0.239 e. The normalized spacial score (nSPS) is 12.3. The molecule has 0 aliphatic carbocycles. The van der Waals surface area contributed by atoms with Crippen LogP contribution in [-0.2, 0) is 0 Å². The molecule has 1 aromatic rings. The summed E-state index contributed by atoms with van der Waals surface area (Å²) >= 11 is 3.51. The highest BCUT2D eigenvalue weighted by Crippen LogP contribution is 2.26. The van der Waals surface area contributed by atoms with E-state index in [1.165, 1.54) is 0 Å². The van der Waals surface area contributed by atoms with E-state index in [9.17, 15) is 0 Å². The monoisotopic (exact) mass is 315 g/mol. The van der Waals surface area contributed by atoms with E-state index >= 15 is 0 Å². The van der Waals surface area contributed by atoms with Crippen LogP contribution in [0, 0.1) is 0 Å². The highest BCUT2D eigenvalue weighted by atomic mass is 79.9. The smallest absolute Gasteiger partial charge is 0.239 e. The van der Waals surface area contributed by atoms with Gasteiger partial charge in [0.2, 0.25) is 5.95 Å². The van der Waals surface area contributed by atoms with E-state index in [2.05, 4.69) is 57.0 Å². The van der Waals surface area contributed by atoms with Crippen LogP contribution in [0.1, 0.15) is 40.0 Å². The van der Waals surface area contributed by atoms with E-state index in [4.69, 9.17) is 5.84 Å². The van der Waals surface area contributed by atoms with Crippen LogP contribution in [0.25, 0.3) is 0 Å². The molecular weight excluding hydrogens is 294 g/mol. The van der Waals surface area contributed by atoms with E-state index < -0.39 is 0 Å². The molecule has 0 amide bonds. The Morgan fingerprint density at radius 1 is 1.50 bits per heavy atom. The first kappa shape index (κ1) is 15.2. The van der Waals surface area contributed by atoms with E-state index in [0.29, 0.717) is 12.0 Å². The molecule has 0 saturated heterocycles. The lowest BCUT2D eigenvalue weighted by Gasteiger charge is -2.30. The molecule has 0 radical (unpaired) electrons.